The molecule has 0 aliphatic carbocycles. The molecular formula is C27H47NO7S. The molecule has 0 saturated carbocycles. The fraction of sp³-hybridized carbons (Fsp3) is 0.889. The van der Waals surface area contributed by atoms with Crippen LogP contribution in [0.2, 0.25) is 0 Å². The van der Waals surface area contributed by atoms with Gasteiger partial charge in [-0.1, -0.05) is 90.9 Å². The van der Waals surface area contributed by atoms with Gasteiger partial charge in [0.25, 0.3) is 0 Å². The van der Waals surface area contributed by atoms with E-state index >= 15 is 0 Å². The Kier molecular flexibility index (Phi) is 18.7. The van der Waals surface area contributed by atoms with Crippen LogP contribution in [0.3, 0.4) is 0 Å². The fourth-order valence-corrected chi connectivity index (χ4v) is 4.42. The van der Waals surface area contributed by atoms with E-state index in [9.17, 15) is 19.8 Å². The second-order valence-corrected chi connectivity index (χ2v) is 9.83. The molecule has 9 heteroatoms. The molecule has 0 amide bonds. The van der Waals surface area contributed by atoms with Crippen molar-refractivity contribution in [1.29, 1.82) is 0 Å². The lowest BCUT2D eigenvalue weighted by molar-refractivity contribution is -0.255. The highest BCUT2D eigenvalue weighted by molar-refractivity contribution is 7.78. The van der Waals surface area contributed by atoms with Gasteiger partial charge in [0.05, 0.1) is 5.16 Å². The van der Waals surface area contributed by atoms with Gasteiger partial charge in [-0.3, -0.25) is 9.59 Å². The van der Waals surface area contributed by atoms with E-state index in [1.807, 2.05) is 0 Å². The lowest BCUT2D eigenvalue weighted by Gasteiger charge is -2.40. The third kappa shape index (κ3) is 13.8. The van der Waals surface area contributed by atoms with Crippen molar-refractivity contribution in [3.05, 3.63) is 0 Å². The summed E-state index contributed by atoms with van der Waals surface area (Å²) in [4.78, 5) is 28.4. The SMILES string of the molecule is CCCCCCCCCC(=O)OC[C@H]1O[C@@H](O)[C@H](N=C=S)[C@@H](OC(=O)CCCCCCCCC)[C@@H]1O. The molecule has 0 aromatic rings. The number of hydrogen-bond donors (Lipinski definition) is 2. The number of isothiocyanates is 1. The number of thiocarbonyl (C=S) groups is 1. The molecule has 0 radical (unpaired) electrons. The maximum Gasteiger partial charge on any atom is 0.306 e. The first-order valence-electron chi connectivity index (χ1n) is 13.9. The third-order valence-corrected chi connectivity index (χ3v) is 6.61. The van der Waals surface area contributed by atoms with Gasteiger partial charge in [-0.05, 0) is 25.1 Å². The van der Waals surface area contributed by atoms with E-state index in [2.05, 4.69) is 36.2 Å². The molecule has 1 aliphatic heterocycles. The normalized spacial score (nSPS) is 23.6. The number of ether oxygens (including phenoxy) is 3. The van der Waals surface area contributed by atoms with Crippen LogP contribution in [0.1, 0.15) is 117 Å². The maximum absolute atomic E-state index is 12.4. The molecule has 1 heterocycles. The number of unbranched alkanes of at least 4 members (excludes halogenated alkanes) is 12. The Morgan fingerprint density at radius 3 is 1.86 bits per heavy atom. The van der Waals surface area contributed by atoms with Gasteiger partial charge in [-0.25, -0.2) is 4.99 Å². The second-order valence-electron chi connectivity index (χ2n) is 9.65. The van der Waals surface area contributed by atoms with Crippen molar-refractivity contribution in [3.63, 3.8) is 0 Å². The summed E-state index contributed by atoms with van der Waals surface area (Å²) in [5.41, 5.74) is 0. The van der Waals surface area contributed by atoms with Crippen LogP contribution in [-0.2, 0) is 23.8 Å². The summed E-state index contributed by atoms with van der Waals surface area (Å²) < 4.78 is 16.2. The van der Waals surface area contributed by atoms with Crippen LogP contribution in [0.5, 0.6) is 0 Å². The molecule has 208 valence electrons. The van der Waals surface area contributed by atoms with Gasteiger partial charge in [0.2, 0.25) is 0 Å². The second kappa shape index (κ2) is 20.7. The summed E-state index contributed by atoms with van der Waals surface area (Å²) in [5, 5.41) is 23.3. The number of carbonyl (C=O) groups excluding carboxylic acids is 2. The minimum absolute atomic E-state index is 0.208. The average Bonchev–Trinajstić information content (AvgIpc) is 2.86. The van der Waals surface area contributed by atoms with Gasteiger partial charge >= 0.3 is 11.9 Å². The number of nitrogens with zero attached hydrogens (tertiary/aromatic N) is 1. The molecule has 1 rings (SSSR count). The summed E-state index contributed by atoms with van der Waals surface area (Å²) in [6.07, 6.45) is 10.5. The molecule has 0 bridgehead atoms. The molecule has 0 aromatic carbocycles. The average molecular weight is 530 g/mol. The van der Waals surface area contributed by atoms with E-state index in [4.69, 9.17) is 14.2 Å². The third-order valence-electron chi connectivity index (χ3n) is 6.51. The van der Waals surface area contributed by atoms with Crippen LogP contribution < -0.4 is 0 Å². The van der Waals surface area contributed by atoms with Crippen molar-refractivity contribution in [3.8, 4) is 0 Å². The number of aliphatic imine (C=N–C) groups is 1. The summed E-state index contributed by atoms with van der Waals surface area (Å²) in [6.45, 7) is 4.09. The zero-order valence-electron chi connectivity index (χ0n) is 22.2. The summed E-state index contributed by atoms with van der Waals surface area (Å²) in [6, 6.07) is -1.10. The molecule has 0 unspecified atom stereocenters. The first kappa shape index (κ1) is 32.6. The van der Waals surface area contributed by atoms with E-state index < -0.39 is 36.6 Å². The van der Waals surface area contributed by atoms with Gasteiger partial charge in [0, 0.05) is 12.8 Å². The van der Waals surface area contributed by atoms with Crippen molar-refractivity contribution < 1.29 is 34.0 Å². The van der Waals surface area contributed by atoms with Crippen molar-refractivity contribution in [2.75, 3.05) is 6.61 Å². The predicted octanol–water partition coefficient (Wildman–Crippen LogP) is 5.27. The van der Waals surface area contributed by atoms with Gasteiger partial charge in [0.15, 0.2) is 18.4 Å². The predicted molar refractivity (Wildman–Crippen MR) is 142 cm³/mol. The van der Waals surface area contributed by atoms with Crippen LogP contribution in [-0.4, -0.2) is 64.6 Å². The monoisotopic (exact) mass is 529 g/mol. The van der Waals surface area contributed by atoms with Gasteiger partial charge in [-0.15, -0.1) is 0 Å². The quantitative estimate of drug-likeness (QED) is 0.0948. The van der Waals surface area contributed by atoms with Crippen LogP contribution in [0.4, 0.5) is 0 Å². The number of carbonyl (C=O) groups is 2. The highest BCUT2D eigenvalue weighted by Crippen LogP contribution is 2.26. The minimum atomic E-state index is -1.48. The van der Waals surface area contributed by atoms with Crippen molar-refractivity contribution >= 4 is 29.3 Å². The highest BCUT2D eigenvalue weighted by Gasteiger charge is 2.47. The summed E-state index contributed by atoms with van der Waals surface area (Å²) >= 11 is 4.64. The molecule has 0 aromatic heterocycles. The zero-order valence-corrected chi connectivity index (χ0v) is 23.0. The number of hydrogen-bond acceptors (Lipinski definition) is 9. The first-order valence-corrected chi connectivity index (χ1v) is 14.3. The Morgan fingerprint density at radius 2 is 1.33 bits per heavy atom. The smallest absolute Gasteiger partial charge is 0.306 e. The first-order chi connectivity index (χ1) is 17.4. The largest absolute Gasteiger partial charge is 0.463 e. The van der Waals surface area contributed by atoms with Gasteiger partial charge < -0.3 is 24.4 Å². The van der Waals surface area contributed by atoms with Crippen molar-refractivity contribution in [2.24, 2.45) is 4.99 Å². The zero-order chi connectivity index (χ0) is 26.6. The van der Waals surface area contributed by atoms with Crippen LogP contribution in [0.15, 0.2) is 4.99 Å². The Balaban J connectivity index is 2.47. The number of aliphatic hydroxyl groups is 2. The van der Waals surface area contributed by atoms with E-state index in [0.717, 1.165) is 38.5 Å². The minimum Gasteiger partial charge on any atom is -0.463 e. The van der Waals surface area contributed by atoms with Crippen LogP contribution >= 0.6 is 12.2 Å². The molecule has 1 saturated heterocycles. The lowest BCUT2D eigenvalue weighted by Crippen LogP contribution is -2.59. The molecule has 0 spiro atoms. The Morgan fingerprint density at radius 1 is 0.833 bits per heavy atom. The van der Waals surface area contributed by atoms with E-state index in [-0.39, 0.29) is 25.4 Å². The lowest BCUT2D eigenvalue weighted by atomic mass is 9.97. The molecule has 2 N–H and O–H groups in total. The Bertz CT molecular complexity index is 656. The van der Waals surface area contributed by atoms with E-state index in [0.29, 0.717) is 6.42 Å². The Labute approximate surface area is 222 Å². The topological polar surface area (TPSA) is 115 Å². The summed E-state index contributed by atoms with van der Waals surface area (Å²) in [7, 11) is 0. The van der Waals surface area contributed by atoms with Crippen LogP contribution in [0.25, 0.3) is 0 Å². The van der Waals surface area contributed by atoms with Crippen molar-refractivity contribution in [2.45, 2.75) is 147 Å². The molecular weight excluding hydrogens is 482 g/mol. The molecule has 8 nitrogen and oxygen atoms in total. The summed E-state index contributed by atoms with van der Waals surface area (Å²) in [5.74, 6) is -0.874. The highest BCUT2D eigenvalue weighted by atomic mass is 32.1. The standard InChI is InChI=1S/C27H47NO7S/c1-3-5-7-9-11-13-15-17-22(29)33-19-21-25(31)26(24(28-20-36)27(32)34-21)35-23(30)18-16-14-12-10-8-6-4-2/h21,24-27,31-32H,3-19H2,1-2H3/t21-,24-,25-,26-,27-/m1/s1. The Hall–Kier alpha value is -1.38. The van der Waals surface area contributed by atoms with Crippen LogP contribution in [0, 0.1) is 0 Å². The molecule has 1 aliphatic rings. The maximum atomic E-state index is 12.4. The van der Waals surface area contributed by atoms with E-state index in [1.165, 1.54) is 44.9 Å². The van der Waals surface area contributed by atoms with Crippen molar-refractivity contribution in [1.82, 2.24) is 0 Å². The fourth-order valence-electron chi connectivity index (χ4n) is 4.30. The number of rotatable bonds is 20. The molecule has 1 fully saturated rings. The number of esters is 2. The molecule has 5 atom stereocenters. The van der Waals surface area contributed by atoms with E-state index in [1.54, 1.807) is 0 Å². The van der Waals surface area contributed by atoms with Gasteiger partial charge in [0.1, 0.15) is 18.8 Å². The van der Waals surface area contributed by atoms with Gasteiger partial charge in [-0.2, -0.15) is 0 Å². The molecule has 36 heavy (non-hydrogen) atoms. The number of aliphatic hydroxyl groups excluding tert-OH is 2.